The summed E-state index contributed by atoms with van der Waals surface area (Å²) in [6.45, 7) is 4.56. The molecule has 0 aromatic carbocycles. The number of hydrogen-bond donors (Lipinski definition) is 1. The zero-order valence-corrected chi connectivity index (χ0v) is 9.24. The largest absolute Gasteiger partial charge is 0.362 e. The monoisotopic (exact) mass is 195 g/mol. The number of piperidine rings is 1. The third-order valence-corrected chi connectivity index (χ3v) is 3.35. The Hall–Kier alpha value is -0.700. The Kier molecular flexibility index (Phi) is 2.96. The lowest BCUT2D eigenvalue weighted by Gasteiger charge is -2.35. The van der Waals surface area contributed by atoms with Gasteiger partial charge < -0.3 is 15.1 Å². The van der Waals surface area contributed by atoms with E-state index < -0.39 is 0 Å². The summed E-state index contributed by atoms with van der Waals surface area (Å²) in [6.07, 6.45) is 8.42. The Bertz CT molecular complexity index is 209. The highest BCUT2D eigenvalue weighted by Crippen LogP contribution is 2.17. The standard InChI is InChI=1S/C11H21N3/c1-10(11-5-3-4-6-12-11)14-8-7-13(2)9-14/h7-8,10-12H,3-6,9H2,1-2H3. The molecule has 0 spiro atoms. The average Bonchev–Trinajstić information content (AvgIpc) is 2.65. The van der Waals surface area contributed by atoms with Crippen molar-refractivity contribution in [2.24, 2.45) is 0 Å². The topological polar surface area (TPSA) is 18.5 Å². The second-order valence-corrected chi connectivity index (χ2v) is 4.51. The minimum Gasteiger partial charge on any atom is -0.362 e. The summed E-state index contributed by atoms with van der Waals surface area (Å²) in [5, 5.41) is 3.62. The molecule has 2 aliphatic heterocycles. The third kappa shape index (κ3) is 2.03. The highest BCUT2D eigenvalue weighted by atomic mass is 15.3. The van der Waals surface area contributed by atoms with Crippen LogP contribution in [0.1, 0.15) is 26.2 Å². The van der Waals surface area contributed by atoms with E-state index in [1.165, 1.54) is 25.8 Å². The van der Waals surface area contributed by atoms with Crippen molar-refractivity contribution in [1.29, 1.82) is 0 Å². The van der Waals surface area contributed by atoms with Gasteiger partial charge in [0, 0.05) is 31.5 Å². The molecule has 0 radical (unpaired) electrons. The maximum Gasteiger partial charge on any atom is 0.0894 e. The van der Waals surface area contributed by atoms with Gasteiger partial charge in [0.05, 0.1) is 6.67 Å². The first-order valence-electron chi connectivity index (χ1n) is 5.65. The molecule has 0 bridgehead atoms. The van der Waals surface area contributed by atoms with Crippen molar-refractivity contribution in [3.63, 3.8) is 0 Å². The summed E-state index contributed by atoms with van der Waals surface area (Å²) < 4.78 is 0. The molecule has 3 heteroatoms. The van der Waals surface area contributed by atoms with Crippen molar-refractivity contribution in [1.82, 2.24) is 15.1 Å². The fourth-order valence-corrected chi connectivity index (χ4v) is 2.34. The third-order valence-electron chi connectivity index (χ3n) is 3.35. The van der Waals surface area contributed by atoms with Gasteiger partial charge in [0.1, 0.15) is 0 Å². The van der Waals surface area contributed by atoms with Crippen LogP contribution in [0, 0.1) is 0 Å². The molecule has 3 nitrogen and oxygen atoms in total. The fraction of sp³-hybridized carbons (Fsp3) is 0.818. The summed E-state index contributed by atoms with van der Waals surface area (Å²) >= 11 is 0. The molecule has 1 N–H and O–H groups in total. The lowest BCUT2D eigenvalue weighted by Crippen LogP contribution is -2.49. The molecule has 0 saturated carbocycles. The van der Waals surface area contributed by atoms with Crippen LogP contribution in [0.15, 0.2) is 12.4 Å². The Morgan fingerprint density at radius 3 is 2.79 bits per heavy atom. The highest BCUT2D eigenvalue weighted by molar-refractivity contribution is 4.95. The minimum atomic E-state index is 0.622. The molecule has 0 aromatic heterocycles. The molecule has 0 amide bonds. The van der Waals surface area contributed by atoms with Crippen LogP contribution in [-0.2, 0) is 0 Å². The van der Waals surface area contributed by atoms with Gasteiger partial charge in [0.15, 0.2) is 0 Å². The van der Waals surface area contributed by atoms with Gasteiger partial charge in [-0.15, -0.1) is 0 Å². The minimum absolute atomic E-state index is 0.622. The first-order chi connectivity index (χ1) is 6.77. The van der Waals surface area contributed by atoms with Crippen molar-refractivity contribution in [3.8, 4) is 0 Å². The van der Waals surface area contributed by atoms with Crippen molar-refractivity contribution in [2.75, 3.05) is 20.3 Å². The van der Waals surface area contributed by atoms with E-state index in [4.69, 9.17) is 0 Å². The Labute approximate surface area is 86.8 Å². The zero-order valence-electron chi connectivity index (χ0n) is 9.24. The summed E-state index contributed by atoms with van der Waals surface area (Å²) in [5.74, 6) is 0. The van der Waals surface area contributed by atoms with Crippen molar-refractivity contribution < 1.29 is 0 Å². The molecule has 2 heterocycles. The molecule has 1 saturated heterocycles. The van der Waals surface area contributed by atoms with E-state index >= 15 is 0 Å². The predicted octanol–water partition coefficient (Wildman–Crippen LogP) is 1.19. The molecule has 2 aliphatic rings. The summed E-state index contributed by atoms with van der Waals surface area (Å²) in [6, 6.07) is 1.30. The lowest BCUT2D eigenvalue weighted by molar-refractivity contribution is 0.184. The molecule has 2 atom stereocenters. The van der Waals surface area contributed by atoms with Crippen LogP contribution in [-0.4, -0.2) is 42.1 Å². The number of nitrogens with one attached hydrogen (secondary N) is 1. The van der Waals surface area contributed by atoms with Gasteiger partial charge in [-0.05, 0) is 26.3 Å². The molecule has 2 unspecified atom stereocenters. The Balaban J connectivity index is 1.87. The van der Waals surface area contributed by atoms with Gasteiger partial charge in [0.2, 0.25) is 0 Å². The molecule has 14 heavy (non-hydrogen) atoms. The van der Waals surface area contributed by atoms with E-state index in [0.29, 0.717) is 12.1 Å². The molecular weight excluding hydrogens is 174 g/mol. The molecule has 1 fully saturated rings. The predicted molar refractivity (Wildman–Crippen MR) is 58.7 cm³/mol. The maximum atomic E-state index is 3.62. The smallest absolute Gasteiger partial charge is 0.0894 e. The lowest BCUT2D eigenvalue weighted by atomic mass is 9.98. The molecule has 0 aromatic rings. The molecular formula is C11H21N3. The van der Waals surface area contributed by atoms with E-state index in [1.54, 1.807) is 0 Å². The quantitative estimate of drug-likeness (QED) is 0.714. The number of rotatable bonds is 2. The molecule has 0 aliphatic carbocycles. The maximum absolute atomic E-state index is 3.62. The Morgan fingerprint density at radius 2 is 2.21 bits per heavy atom. The fourth-order valence-electron chi connectivity index (χ4n) is 2.34. The second-order valence-electron chi connectivity index (χ2n) is 4.51. The average molecular weight is 195 g/mol. The van der Waals surface area contributed by atoms with Crippen LogP contribution in [0.2, 0.25) is 0 Å². The van der Waals surface area contributed by atoms with Gasteiger partial charge >= 0.3 is 0 Å². The first-order valence-corrected chi connectivity index (χ1v) is 5.65. The zero-order chi connectivity index (χ0) is 9.97. The van der Waals surface area contributed by atoms with Crippen molar-refractivity contribution in [2.45, 2.75) is 38.3 Å². The van der Waals surface area contributed by atoms with Crippen LogP contribution in [0.25, 0.3) is 0 Å². The van der Waals surface area contributed by atoms with Crippen molar-refractivity contribution >= 4 is 0 Å². The van der Waals surface area contributed by atoms with E-state index in [1.807, 2.05) is 0 Å². The number of hydrogen-bond acceptors (Lipinski definition) is 3. The summed E-state index contributed by atoms with van der Waals surface area (Å²) in [4.78, 5) is 4.64. The van der Waals surface area contributed by atoms with Crippen LogP contribution < -0.4 is 5.32 Å². The van der Waals surface area contributed by atoms with E-state index in [-0.39, 0.29) is 0 Å². The van der Waals surface area contributed by atoms with Gasteiger partial charge in [0.25, 0.3) is 0 Å². The van der Waals surface area contributed by atoms with Crippen LogP contribution in [0.4, 0.5) is 0 Å². The van der Waals surface area contributed by atoms with Crippen LogP contribution in [0.5, 0.6) is 0 Å². The summed E-state index contributed by atoms with van der Waals surface area (Å²) in [5.41, 5.74) is 0. The second kappa shape index (κ2) is 4.22. The van der Waals surface area contributed by atoms with E-state index in [9.17, 15) is 0 Å². The first kappa shape index (κ1) is 9.84. The van der Waals surface area contributed by atoms with Crippen molar-refractivity contribution in [3.05, 3.63) is 12.4 Å². The van der Waals surface area contributed by atoms with Gasteiger partial charge in [-0.1, -0.05) is 6.42 Å². The number of nitrogens with zero attached hydrogens (tertiary/aromatic N) is 2. The SMILES string of the molecule is CC(C1CCCCN1)N1C=CN(C)C1. The van der Waals surface area contributed by atoms with E-state index in [0.717, 1.165) is 6.67 Å². The summed E-state index contributed by atoms with van der Waals surface area (Å²) in [7, 11) is 2.12. The normalized spacial score (nSPS) is 29.7. The van der Waals surface area contributed by atoms with Gasteiger partial charge in [-0.25, -0.2) is 0 Å². The molecule has 80 valence electrons. The van der Waals surface area contributed by atoms with E-state index in [2.05, 4.69) is 41.5 Å². The molecule has 2 rings (SSSR count). The van der Waals surface area contributed by atoms with Crippen LogP contribution >= 0.6 is 0 Å². The van der Waals surface area contributed by atoms with Gasteiger partial charge in [-0.3, -0.25) is 0 Å². The van der Waals surface area contributed by atoms with Crippen LogP contribution in [0.3, 0.4) is 0 Å². The highest BCUT2D eigenvalue weighted by Gasteiger charge is 2.24. The van der Waals surface area contributed by atoms with Gasteiger partial charge in [-0.2, -0.15) is 0 Å². The Morgan fingerprint density at radius 1 is 1.36 bits per heavy atom.